The molecule has 4 nitrogen and oxygen atoms in total. The van der Waals surface area contributed by atoms with E-state index < -0.39 is 5.82 Å². The van der Waals surface area contributed by atoms with E-state index in [1.54, 1.807) is 11.0 Å². The summed E-state index contributed by atoms with van der Waals surface area (Å²) in [6, 6.07) is 5.56. The van der Waals surface area contributed by atoms with Crippen LogP contribution in [0.25, 0.3) is 11.3 Å². The summed E-state index contributed by atoms with van der Waals surface area (Å²) < 4.78 is 13.9. The predicted octanol–water partition coefficient (Wildman–Crippen LogP) is 3.62. The van der Waals surface area contributed by atoms with Crippen LogP contribution in [0.1, 0.15) is 25.8 Å². The molecule has 0 radical (unpaired) electrons. The van der Waals surface area contributed by atoms with Gasteiger partial charge in [0, 0.05) is 23.7 Å². The maximum absolute atomic E-state index is 13.9. The third-order valence-corrected chi connectivity index (χ3v) is 3.90. The average molecular weight is 320 g/mol. The van der Waals surface area contributed by atoms with Gasteiger partial charge in [0.05, 0.1) is 6.20 Å². The Kier molecular flexibility index (Phi) is 3.83. The number of nitrogens with zero attached hydrogens (tertiary/aromatic N) is 3. The van der Waals surface area contributed by atoms with E-state index >= 15 is 0 Å². The number of aryl methyl sites for hydroxylation is 1. The second kappa shape index (κ2) is 5.65. The van der Waals surface area contributed by atoms with Crippen LogP contribution in [0.3, 0.4) is 0 Å². The minimum Gasteiger partial charge on any atom is -0.310 e. The number of benzene rings is 1. The van der Waals surface area contributed by atoms with Crippen molar-refractivity contribution >= 4 is 23.2 Å². The number of hydrogen-bond acceptors (Lipinski definition) is 3. The van der Waals surface area contributed by atoms with E-state index in [9.17, 15) is 9.18 Å². The molecule has 1 aromatic carbocycles. The lowest BCUT2D eigenvalue weighted by Gasteiger charge is -2.33. The van der Waals surface area contributed by atoms with Crippen molar-refractivity contribution in [2.45, 2.75) is 32.7 Å². The number of carbonyl (C=O) groups is 1. The Morgan fingerprint density at radius 1 is 1.32 bits per heavy atom. The van der Waals surface area contributed by atoms with E-state index in [4.69, 9.17) is 11.6 Å². The van der Waals surface area contributed by atoms with Crippen LogP contribution in [0.15, 0.2) is 24.4 Å². The van der Waals surface area contributed by atoms with E-state index in [2.05, 4.69) is 9.97 Å². The maximum Gasteiger partial charge on any atom is 0.227 e. The number of aromatic nitrogens is 2. The first-order chi connectivity index (χ1) is 10.5. The molecule has 0 N–H and O–H groups in total. The van der Waals surface area contributed by atoms with Gasteiger partial charge in [-0.25, -0.2) is 14.4 Å². The largest absolute Gasteiger partial charge is 0.310 e. The van der Waals surface area contributed by atoms with Crippen LogP contribution < -0.4 is 4.90 Å². The van der Waals surface area contributed by atoms with E-state index in [0.29, 0.717) is 18.4 Å². The van der Waals surface area contributed by atoms with Gasteiger partial charge >= 0.3 is 0 Å². The molecule has 0 saturated carbocycles. The van der Waals surface area contributed by atoms with Gasteiger partial charge in [0.2, 0.25) is 11.2 Å². The fraction of sp³-hybridized carbons (Fsp3) is 0.312. The highest BCUT2D eigenvalue weighted by atomic mass is 35.5. The summed E-state index contributed by atoms with van der Waals surface area (Å²) in [7, 11) is 0. The standard InChI is InChI=1S/C16H15ClFN3O/c1-9(2)21-13-5-3-11(7-10(13)4-6-14(21)22)15-12(18)8-19-16(17)20-15/h3,5,7-9H,4,6H2,1-2H3. The maximum atomic E-state index is 13.9. The van der Waals surface area contributed by atoms with E-state index in [0.717, 1.165) is 17.4 Å². The van der Waals surface area contributed by atoms with Gasteiger partial charge in [0.1, 0.15) is 5.69 Å². The van der Waals surface area contributed by atoms with Crippen LogP contribution in [-0.4, -0.2) is 21.9 Å². The molecule has 0 saturated heterocycles. The first-order valence-corrected chi connectivity index (χ1v) is 7.48. The van der Waals surface area contributed by atoms with Crippen molar-refractivity contribution in [1.29, 1.82) is 0 Å². The van der Waals surface area contributed by atoms with Crippen molar-refractivity contribution < 1.29 is 9.18 Å². The summed E-state index contributed by atoms with van der Waals surface area (Å²) in [6.07, 6.45) is 2.17. The third kappa shape index (κ3) is 2.57. The molecule has 3 rings (SSSR count). The molecule has 0 fully saturated rings. The number of carbonyl (C=O) groups excluding carboxylic acids is 1. The van der Waals surface area contributed by atoms with Crippen LogP contribution in [0.4, 0.5) is 10.1 Å². The molecule has 1 aliphatic heterocycles. The highest BCUT2D eigenvalue weighted by molar-refractivity contribution is 6.28. The Morgan fingerprint density at radius 3 is 2.82 bits per heavy atom. The Hall–Kier alpha value is -2.01. The van der Waals surface area contributed by atoms with Crippen molar-refractivity contribution in [3.63, 3.8) is 0 Å². The van der Waals surface area contributed by atoms with Crippen LogP contribution in [-0.2, 0) is 11.2 Å². The van der Waals surface area contributed by atoms with Crippen molar-refractivity contribution in [2.24, 2.45) is 0 Å². The number of hydrogen-bond donors (Lipinski definition) is 0. The van der Waals surface area contributed by atoms with Crippen LogP contribution in [0, 0.1) is 5.82 Å². The van der Waals surface area contributed by atoms with Crippen molar-refractivity contribution in [2.75, 3.05) is 4.90 Å². The van der Waals surface area contributed by atoms with Gasteiger partial charge in [0.15, 0.2) is 5.82 Å². The number of fused-ring (bicyclic) bond motifs is 1. The molecule has 114 valence electrons. The molecule has 0 bridgehead atoms. The first-order valence-electron chi connectivity index (χ1n) is 7.11. The van der Waals surface area contributed by atoms with Gasteiger partial charge in [0.25, 0.3) is 0 Å². The predicted molar refractivity (Wildman–Crippen MR) is 83.4 cm³/mol. The second-order valence-electron chi connectivity index (χ2n) is 5.54. The lowest BCUT2D eigenvalue weighted by molar-refractivity contribution is -0.119. The molecule has 2 heterocycles. The van der Waals surface area contributed by atoms with E-state index in [1.165, 1.54) is 0 Å². The number of anilines is 1. The molecule has 0 atom stereocenters. The SMILES string of the molecule is CC(C)N1C(=O)CCc2cc(-c3nc(Cl)ncc3F)ccc21. The zero-order valence-corrected chi connectivity index (χ0v) is 13.1. The smallest absolute Gasteiger partial charge is 0.227 e. The lowest BCUT2D eigenvalue weighted by atomic mass is 9.96. The zero-order chi connectivity index (χ0) is 15.9. The average Bonchev–Trinajstić information content (AvgIpc) is 2.48. The Morgan fingerprint density at radius 2 is 2.09 bits per heavy atom. The zero-order valence-electron chi connectivity index (χ0n) is 12.3. The molecule has 2 aromatic rings. The Balaban J connectivity index is 2.08. The summed E-state index contributed by atoms with van der Waals surface area (Å²) >= 11 is 5.75. The second-order valence-corrected chi connectivity index (χ2v) is 5.87. The quantitative estimate of drug-likeness (QED) is 0.794. The normalized spacial score (nSPS) is 14.4. The molecule has 22 heavy (non-hydrogen) atoms. The molecule has 0 aliphatic carbocycles. The molecular weight excluding hydrogens is 305 g/mol. The van der Waals surface area contributed by atoms with Gasteiger partial charge < -0.3 is 4.90 Å². The molecular formula is C16H15ClFN3O. The fourth-order valence-corrected chi connectivity index (χ4v) is 2.91. The monoisotopic (exact) mass is 319 g/mol. The summed E-state index contributed by atoms with van der Waals surface area (Å²) in [5.74, 6) is -0.400. The summed E-state index contributed by atoms with van der Waals surface area (Å²) in [5.41, 5.74) is 2.71. The number of halogens is 2. The van der Waals surface area contributed by atoms with E-state index in [1.807, 2.05) is 26.0 Å². The number of rotatable bonds is 2. The van der Waals surface area contributed by atoms with Gasteiger partial charge in [-0.1, -0.05) is 6.07 Å². The molecule has 0 unspecified atom stereocenters. The van der Waals surface area contributed by atoms with Gasteiger partial charge in [-0.15, -0.1) is 0 Å². The minimum atomic E-state index is -0.517. The Bertz CT molecular complexity index is 748. The topological polar surface area (TPSA) is 46.1 Å². The minimum absolute atomic E-state index is 0.00751. The number of amides is 1. The highest BCUT2D eigenvalue weighted by Crippen LogP contribution is 2.33. The lowest BCUT2D eigenvalue weighted by Crippen LogP contribution is -2.40. The van der Waals surface area contributed by atoms with Crippen molar-refractivity contribution in [3.8, 4) is 11.3 Å². The van der Waals surface area contributed by atoms with Crippen LogP contribution in [0.5, 0.6) is 0 Å². The van der Waals surface area contributed by atoms with Gasteiger partial charge in [-0.2, -0.15) is 0 Å². The molecule has 1 aliphatic rings. The molecule has 6 heteroatoms. The fourth-order valence-electron chi connectivity index (χ4n) is 2.78. The summed E-state index contributed by atoms with van der Waals surface area (Å²) in [4.78, 5) is 21.4. The first kappa shape index (κ1) is 14.9. The summed E-state index contributed by atoms with van der Waals surface area (Å²) in [6.45, 7) is 3.95. The van der Waals surface area contributed by atoms with Crippen molar-refractivity contribution in [1.82, 2.24) is 9.97 Å². The Labute approximate surface area is 133 Å². The summed E-state index contributed by atoms with van der Waals surface area (Å²) in [5, 5.41) is 0.00751. The van der Waals surface area contributed by atoms with Crippen molar-refractivity contribution in [3.05, 3.63) is 41.1 Å². The van der Waals surface area contributed by atoms with Gasteiger partial charge in [-0.3, -0.25) is 4.79 Å². The van der Waals surface area contributed by atoms with E-state index in [-0.39, 0.29) is 22.9 Å². The molecule has 0 spiro atoms. The van der Waals surface area contributed by atoms with Crippen LogP contribution in [0.2, 0.25) is 5.28 Å². The van der Waals surface area contributed by atoms with Gasteiger partial charge in [-0.05, 0) is 49.6 Å². The van der Waals surface area contributed by atoms with Crippen LogP contribution >= 0.6 is 11.6 Å². The third-order valence-electron chi connectivity index (χ3n) is 3.72. The molecule has 1 amide bonds. The molecule has 1 aromatic heterocycles. The highest BCUT2D eigenvalue weighted by Gasteiger charge is 2.26.